The van der Waals surface area contributed by atoms with Gasteiger partial charge in [0.15, 0.2) is 0 Å². The molecular formula is C14H12ClN3O4. The molecule has 1 unspecified atom stereocenters. The monoisotopic (exact) mass is 321 g/mol. The highest BCUT2D eigenvalue weighted by Gasteiger charge is 2.59. The highest BCUT2D eigenvalue weighted by atomic mass is 35.5. The minimum atomic E-state index is -1.35. The lowest BCUT2D eigenvalue weighted by Gasteiger charge is -2.20. The Morgan fingerprint density at radius 3 is 2.64 bits per heavy atom. The predicted molar refractivity (Wildman–Crippen MR) is 77.7 cm³/mol. The van der Waals surface area contributed by atoms with Gasteiger partial charge in [-0.15, -0.1) is 0 Å². The summed E-state index contributed by atoms with van der Waals surface area (Å²) < 4.78 is 4.63. The molecule has 1 fully saturated rings. The van der Waals surface area contributed by atoms with Gasteiger partial charge in [-0.25, -0.2) is 15.1 Å². The molecule has 22 heavy (non-hydrogen) atoms. The third-order valence-electron chi connectivity index (χ3n) is 3.72. The van der Waals surface area contributed by atoms with Crippen molar-refractivity contribution in [2.24, 2.45) is 0 Å². The van der Waals surface area contributed by atoms with Crippen LogP contribution in [0.3, 0.4) is 0 Å². The summed E-state index contributed by atoms with van der Waals surface area (Å²) in [6, 6.07) is 6.50. The van der Waals surface area contributed by atoms with Gasteiger partial charge in [0.25, 0.3) is 11.8 Å². The van der Waals surface area contributed by atoms with Gasteiger partial charge in [-0.3, -0.25) is 9.59 Å². The molecule has 1 aromatic carbocycles. The second-order valence-corrected chi connectivity index (χ2v) is 5.42. The quantitative estimate of drug-likeness (QED) is 0.609. The maximum Gasteiger partial charge on any atom is 0.356 e. The molecule has 0 aromatic heterocycles. The number of fused-ring (bicyclic) bond motifs is 1. The number of ether oxygens (including phenoxy) is 1. The molecule has 1 saturated heterocycles. The van der Waals surface area contributed by atoms with Gasteiger partial charge in [-0.05, 0) is 19.1 Å². The van der Waals surface area contributed by atoms with E-state index in [0.29, 0.717) is 0 Å². The lowest BCUT2D eigenvalue weighted by atomic mass is 9.95. The second kappa shape index (κ2) is 4.82. The van der Waals surface area contributed by atoms with Crippen LogP contribution < -0.4 is 15.8 Å². The lowest BCUT2D eigenvalue weighted by Crippen LogP contribution is -2.51. The summed E-state index contributed by atoms with van der Waals surface area (Å²) in [5, 5.41) is 0.265. The SMILES string of the molecule is COC(=O)C1=C2C(=O)N(c3ccccc3Cl)C(=O)C2(C)NN1. The van der Waals surface area contributed by atoms with Gasteiger partial charge in [-0.1, -0.05) is 23.7 Å². The van der Waals surface area contributed by atoms with Crippen LogP contribution in [0.1, 0.15) is 6.92 Å². The number of halogens is 1. The van der Waals surface area contributed by atoms with Crippen LogP contribution in [0.2, 0.25) is 5.02 Å². The van der Waals surface area contributed by atoms with Crippen molar-refractivity contribution < 1.29 is 19.1 Å². The van der Waals surface area contributed by atoms with Gasteiger partial charge in [0.2, 0.25) is 0 Å². The standard InChI is InChI=1S/C14H12ClN3O4/c1-14-9(10(16-17-14)12(20)22-2)11(19)18(13(14)21)8-6-4-3-5-7(8)15/h3-6,16-17H,1-2H3. The van der Waals surface area contributed by atoms with Crippen molar-refractivity contribution >= 4 is 35.1 Å². The number of nitrogens with zero attached hydrogens (tertiary/aromatic N) is 1. The average molecular weight is 322 g/mol. The number of hydrogen-bond donors (Lipinski definition) is 2. The third kappa shape index (κ3) is 1.76. The Bertz CT molecular complexity index is 745. The van der Waals surface area contributed by atoms with Gasteiger partial charge >= 0.3 is 5.97 Å². The van der Waals surface area contributed by atoms with Crippen LogP contribution >= 0.6 is 11.6 Å². The summed E-state index contributed by atoms with van der Waals surface area (Å²) in [5.74, 6) is -1.86. The number of para-hydroxylation sites is 1. The van der Waals surface area contributed by atoms with Crippen molar-refractivity contribution in [3.05, 3.63) is 40.6 Å². The van der Waals surface area contributed by atoms with Crippen LogP contribution in [0.15, 0.2) is 35.5 Å². The molecule has 2 aliphatic rings. The Labute approximate surface area is 130 Å². The van der Waals surface area contributed by atoms with Crippen LogP contribution in [0.4, 0.5) is 5.69 Å². The van der Waals surface area contributed by atoms with E-state index in [1.807, 2.05) is 0 Å². The van der Waals surface area contributed by atoms with E-state index in [0.717, 1.165) is 4.90 Å². The average Bonchev–Trinajstić information content (AvgIpc) is 2.95. The molecule has 0 spiro atoms. The van der Waals surface area contributed by atoms with Crippen molar-refractivity contribution in [1.82, 2.24) is 10.9 Å². The summed E-state index contributed by atoms with van der Waals surface area (Å²) in [7, 11) is 1.19. The first-order valence-corrected chi connectivity index (χ1v) is 6.79. The van der Waals surface area contributed by atoms with E-state index in [1.54, 1.807) is 24.3 Å². The fourth-order valence-electron chi connectivity index (χ4n) is 2.58. The number of anilines is 1. The van der Waals surface area contributed by atoms with Crippen LogP contribution in [0.5, 0.6) is 0 Å². The Kier molecular flexibility index (Phi) is 3.19. The molecule has 1 aromatic rings. The number of hydrogen-bond acceptors (Lipinski definition) is 6. The molecule has 2 aliphatic heterocycles. The Balaban J connectivity index is 2.16. The highest BCUT2D eigenvalue weighted by Crippen LogP contribution is 2.39. The van der Waals surface area contributed by atoms with E-state index in [2.05, 4.69) is 15.6 Å². The Morgan fingerprint density at radius 1 is 1.32 bits per heavy atom. The predicted octanol–water partition coefficient (Wildman–Crippen LogP) is 0.507. The molecule has 0 radical (unpaired) electrons. The van der Waals surface area contributed by atoms with Crippen LogP contribution in [-0.4, -0.2) is 30.4 Å². The topological polar surface area (TPSA) is 87.7 Å². The number of methoxy groups -OCH3 is 1. The minimum Gasteiger partial charge on any atom is -0.464 e. The molecule has 0 bridgehead atoms. The van der Waals surface area contributed by atoms with Gasteiger partial charge < -0.3 is 10.2 Å². The zero-order valence-corrected chi connectivity index (χ0v) is 12.5. The molecule has 8 heteroatoms. The summed E-state index contributed by atoms with van der Waals surface area (Å²) in [6.45, 7) is 1.52. The molecule has 3 rings (SSSR count). The van der Waals surface area contributed by atoms with Crippen molar-refractivity contribution in [3.8, 4) is 0 Å². The minimum absolute atomic E-state index is 0.0178. The van der Waals surface area contributed by atoms with E-state index < -0.39 is 23.3 Å². The first-order valence-electron chi connectivity index (χ1n) is 6.41. The van der Waals surface area contributed by atoms with E-state index in [4.69, 9.17) is 11.6 Å². The molecule has 2 amide bonds. The lowest BCUT2D eigenvalue weighted by molar-refractivity contribution is -0.137. The van der Waals surface area contributed by atoms with Crippen molar-refractivity contribution in [1.29, 1.82) is 0 Å². The van der Waals surface area contributed by atoms with Gasteiger partial charge in [-0.2, -0.15) is 0 Å². The second-order valence-electron chi connectivity index (χ2n) is 5.01. The summed E-state index contributed by atoms with van der Waals surface area (Å²) >= 11 is 6.07. The number of carbonyl (C=O) groups is 3. The fraction of sp³-hybridized carbons (Fsp3) is 0.214. The van der Waals surface area contributed by atoms with E-state index in [9.17, 15) is 14.4 Å². The van der Waals surface area contributed by atoms with Crippen molar-refractivity contribution in [3.63, 3.8) is 0 Å². The molecule has 1 atom stereocenters. The molecule has 2 N–H and O–H groups in total. The van der Waals surface area contributed by atoms with Crippen molar-refractivity contribution in [2.75, 3.05) is 12.0 Å². The Morgan fingerprint density at radius 2 is 2.00 bits per heavy atom. The number of imide groups is 1. The van der Waals surface area contributed by atoms with Crippen molar-refractivity contribution in [2.45, 2.75) is 12.5 Å². The van der Waals surface area contributed by atoms with Crippen LogP contribution in [-0.2, 0) is 19.1 Å². The number of rotatable bonds is 2. The maximum absolute atomic E-state index is 12.7. The maximum atomic E-state index is 12.7. The highest BCUT2D eigenvalue weighted by molar-refractivity contribution is 6.39. The molecular weight excluding hydrogens is 310 g/mol. The van der Waals surface area contributed by atoms with Gasteiger partial charge in [0.1, 0.15) is 11.2 Å². The Hall–Kier alpha value is -2.38. The number of benzene rings is 1. The molecule has 2 heterocycles. The number of amides is 2. The zero-order valence-electron chi connectivity index (χ0n) is 11.8. The summed E-state index contributed by atoms with van der Waals surface area (Å²) in [5.41, 5.74) is 4.10. The van der Waals surface area contributed by atoms with E-state index >= 15 is 0 Å². The normalized spacial score (nSPS) is 23.7. The largest absolute Gasteiger partial charge is 0.464 e. The summed E-state index contributed by atoms with van der Waals surface area (Å²) in [6.07, 6.45) is 0. The summed E-state index contributed by atoms with van der Waals surface area (Å²) in [4.78, 5) is 38.1. The third-order valence-corrected chi connectivity index (χ3v) is 4.04. The fourth-order valence-corrected chi connectivity index (χ4v) is 2.80. The first kappa shape index (κ1) is 14.6. The van der Waals surface area contributed by atoms with E-state index in [1.165, 1.54) is 14.0 Å². The first-order chi connectivity index (χ1) is 10.4. The molecule has 0 aliphatic carbocycles. The van der Waals surface area contributed by atoms with Crippen LogP contribution in [0, 0.1) is 0 Å². The number of hydrazine groups is 1. The van der Waals surface area contributed by atoms with Gasteiger partial charge in [0, 0.05) is 0 Å². The van der Waals surface area contributed by atoms with E-state index in [-0.39, 0.29) is 22.0 Å². The molecule has 114 valence electrons. The number of esters is 1. The molecule has 0 saturated carbocycles. The number of nitrogens with one attached hydrogen (secondary N) is 2. The van der Waals surface area contributed by atoms with Crippen LogP contribution in [0.25, 0.3) is 0 Å². The number of carbonyl (C=O) groups excluding carboxylic acids is 3. The zero-order chi connectivity index (χ0) is 16.1. The smallest absolute Gasteiger partial charge is 0.356 e. The van der Waals surface area contributed by atoms with Gasteiger partial charge in [0.05, 0.1) is 23.4 Å². The molecule has 7 nitrogen and oxygen atoms in total.